The van der Waals surface area contributed by atoms with Gasteiger partial charge in [-0.25, -0.2) is 0 Å². The number of anilines is 1. The Balaban J connectivity index is 2.17. The van der Waals surface area contributed by atoms with Gasteiger partial charge in [-0.3, -0.25) is 4.79 Å². The molecule has 2 aromatic rings. The number of aromatic hydroxyl groups is 2. The van der Waals surface area contributed by atoms with Gasteiger partial charge in [0.25, 0.3) is 5.91 Å². The summed E-state index contributed by atoms with van der Waals surface area (Å²) in [7, 11) is 2.98. The van der Waals surface area contributed by atoms with Crippen LogP contribution in [0.15, 0.2) is 36.4 Å². The van der Waals surface area contributed by atoms with Crippen molar-refractivity contribution in [3.05, 3.63) is 42.0 Å². The molecule has 134 valence electrons. The standard InChI is InChI=1S/C17H19NO7/c1-22-9-24-15-6-4-12(8-16(15)25-10-23-2)18-17(21)11-3-5-13(19)14(20)7-11/h3-8,19-20H,9-10H2,1-2H3,(H,18,21). The maximum absolute atomic E-state index is 12.2. The Morgan fingerprint density at radius 1 is 0.920 bits per heavy atom. The number of nitrogens with one attached hydrogen (secondary N) is 1. The van der Waals surface area contributed by atoms with Crippen LogP contribution in [0.25, 0.3) is 0 Å². The number of carbonyl (C=O) groups excluding carboxylic acids is 1. The number of hydrogen-bond donors (Lipinski definition) is 3. The molecule has 0 aliphatic rings. The summed E-state index contributed by atoms with van der Waals surface area (Å²) in [6.07, 6.45) is 0. The number of carbonyl (C=O) groups is 1. The van der Waals surface area contributed by atoms with Gasteiger partial charge in [-0.15, -0.1) is 0 Å². The molecule has 8 nitrogen and oxygen atoms in total. The fourth-order valence-electron chi connectivity index (χ4n) is 1.93. The van der Waals surface area contributed by atoms with Crippen molar-refractivity contribution in [2.24, 2.45) is 0 Å². The lowest BCUT2D eigenvalue weighted by Gasteiger charge is -2.14. The predicted octanol–water partition coefficient (Wildman–Crippen LogP) is 2.32. The normalized spacial score (nSPS) is 10.3. The average molecular weight is 349 g/mol. The molecule has 0 radical (unpaired) electrons. The molecule has 0 saturated carbocycles. The molecule has 8 heteroatoms. The van der Waals surface area contributed by atoms with E-state index in [2.05, 4.69) is 5.32 Å². The minimum atomic E-state index is -0.460. The van der Waals surface area contributed by atoms with Crippen LogP contribution in [0.2, 0.25) is 0 Å². The smallest absolute Gasteiger partial charge is 0.255 e. The van der Waals surface area contributed by atoms with Gasteiger partial charge >= 0.3 is 0 Å². The number of phenolic OH excluding ortho intramolecular Hbond substituents is 2. The highest BCUT2D eigenvalue weighted by molar-refractivity contribution is 6.04. The van der Waals surface area contributed by atoms with E-state index in [-0.39, 0.29) is 30.6 Å². The van der Waals surface area contributed by atoms with Crippen LogP contribution in [-0.4, -0.2) is 43.9 Å². The first-order valence-electron chi connectivity index (χ1n) is 7.26. The fraction of sp³-hybridized carbons (Fsp3) is 0.235. The molecule has 3 N–H and O–H groups in total. The Morgan fingerprint density at radius 2 is 1.60 bits per heavy atom. The maximum Gasteiger partial charge on any atom is 0.255 e. The van der Waals surface area contributed by atoms with E-state index in [0.717, 1.165) is 0 Å². The molecule has 0 spiro atoms. The molecule has 0 atom stereocenters. The predicted molar refractivity (Wildman–Crippen MR) is 89.2 cm³/mol. The molecular weight excluding hydrogens is 330 g/mol. The van der Waals surface area contributed by atoms with Crippen LogP contribution in [0.1, 0.15) is 10.4 Å². The zero-order valence-electron chi connectivity index (χ0n) is 13.8. The lowest BCUT2D eigenvalue weighted by molar-refractivity contribution is 0.0323. The first-order valence-corrected chi connectivity index (χ1v) is 7.26. The second-order valence-electron chi connectivity index (χ2n) is 4.92. The summed E-state index contributed by atoms with van der Waals surface area (Å²) in [5.41, 5.74) is 0.641. The third kappa shape index (κ3) is 5.00. The van der Waals surface area contributed by atoms with Crippen molar-refractivity contribution < 1.29 is 34.0 Å². The van der Waals surface area contributed by atoms with Gasteiger partial charge in [0.15, 0.2) is 36.6 Å². The van der Waals surface area contributed by atoms with Crippen LogP contribution in [-0.2, 0) is 9.47 Å². The Labute approximate surface area is 144 Å². The first kappa shape index (κ1) is 18.4. The number of rotatable bonds is 8. The third-order valence-electron chi connectivity index (χ3n) is 3.10. The van der Waals surface area contributed by atoms with Gasteiger partial charge in [-0.05, 0) is 30.3 Å². The highest BCUT2D eigenvalue weighted by Crippen LogP contribution is 2.31. The van der Waals surface area contributed by atoms with Crippen LogP contribution in [0.5, 0.6) is 23.0 Å². The largest absolute Gasteiger partial charge is 0.504 e. The van der Waals surface area contributed by atoms with Crippen molar-refractivity contribution >= 4 is 11.6 Å². The molecule has 0 bridgehead atoms. The van der Waals surface area contributed by atoms with Gasteiger partial charge in [0.2, 0.25) is 0 Å². The van der Waals surface area contributed by atoms with E-state index in [1.54, 1.807) is 18.2 Å². The molecule has 0 heterocycles. The Hall–Kier alpha value is -2.97. The van der Waals surface area contributed by atoms with Crippen molar-refractivity contribution in [2.45, 2.75) is 0 Å². The van der Waals surface area contributed by atoms with E-state index < -0.39 is 5.91 Å². The zero-order valence-corrected chi connectivity index (χ0v) is 13.8. The molecule has 0 aliphatic carbocycles. The fourth-order valence-corrected chi connectivity index (χ4v) is 1.93. The summed E-state index contributed by atoms with van der Waals surface area (Å²) >= 11 is 0. The lowest BCUT2D eigenvalue weighted by Crippen LogP contribution is -2.12. The van der Waals surface area contributed by atoms with E-state index in [0.29, 0.717) is 17.2 Å². The second kappa shape index (κ2) is 8.76. The zero-order chi connectivity index (χ0) is 18.2. The summed E-state index contributed by atoms with van der Waals surface area (Å²) in [5.74, 6) is -0.338. The molecule has 0 aliphatic heterocycles. The monoisotopic (exact) mass is 349 g/mol. The van der Waals surface area contributed by atoms with Gasteiger partial charge in [0.1, 0.15) is 0 Å². The quantitative estimate of drug-likeness (QED) is 0.496. The number of phenols is 2. The molecular formula is C17H19NO7. The minimum absolute atomic E-state index is 0.00652. The van der Waals surface area contributed by atoms with E-state index in [1.165, 1.54) is 32.4 Å². The Bertz CT molecular complexity index is 733. The molecule has 2 aromatic carbocycles. The first-order chi connectivity index (χ1) is 12.0. The molecule has 0 saturated heterocycles. The Kier molecular flexibility index (Phi) is 6.44. The van der Waals surface area contributed by atoms with Crippen LogP contribution in [0, 0.1) is 0 Å². The maximum atomic E-state index is 12.2. The van der Waals surface area contributed by atoms with E-state index in [1.807, 2.05) is 0 Å². The van der Waals surface area contributed by atoms with Gasteiger partial charge in [0, 0.05) is 31.5 Å². The molecule has 0 aromatic heterocycles. The summed E-state index contributed by atoms with van der Waals surface area (Å²) in [4.78, 5) is 12.2. The molecule has 1 amide bonds. The van der Waals surface area contributed by atoms with Crippen LogP contribution in [0.4, 0.5) is 5.69 Å². The van der Waals surface area contributed by atoms with E-state index >= 15 is 0 Å². The number of hydrogen-bond acceptors (Lipinski definition) is 7. The number of ether oxygens (including phenoxy) is 4. The summed E-state index contributed by atoms with van der Waals surface area (Å²) in [6, 6.07) is 8.61. The number of amides is 1. The van der Waals surface area contributed by atoms with E-state index in [9.17, 15) is 15.0 Å². The van der Waals surface area contributed by atoms with Crippen molar-refractivity contribution in [3.8, 4) is 23.0 Å². The summed E-state index contributed by atoms with van der Waals surface area (Å²) in [5, 5.41) is 21.4. The van der Waals surface area contributed by atoms with Crippen LogP contribution < -0.4 is 14.8 Å². The second-order valence-corrected chi connectivity index (χ2v) is 4.92. The lowest BCUT2D eigenvalue weighted by atomic mass is 10.2. The summed E-state index contributed by atoms with van der Waals surface area (Å²) < 4.78 is 20.5. The minimum Gasteiger partial charge on any atom is -0.504 e. The molecule has 0 unspecified atom stereocenters. The van der Waals surface area contributed by atoms with Gasteiger partial charge in [0.05, 0.1) is 0 Å². The Morgan fingerprint density at radius 3 is 2.24 bits per heavy atom. The van der Waals surface area contributed by atoms with Crippen molar-refractivity contribution in [2.75, 3.05) is 33.1 Å². The molecule has 2 rings (SSSR count). The van der Waals surface area contributed by atoms with Gasteiger partial charge < -0.3 is 34.5 Å². The van der Waals surface area contributed by atoms with E-state index in [4.69, 9.17) is 18.9 Å². The van der Waals surface area contributed by atoms with Crippen molar-refractivity contribution in [1.82, 2.24) is 0 Å². The van der Waals surface area contributed by atoms with Crippen molar-refractivity contribution in [1.29, 1.82) is 0 Å². The van der Waals surface area contributed by atoms with Gasteiger partial charge in [-0.2, -0.15) is 0 Å². The van der Waals surface area contributed by atoms with Crippen molar-refractivity contribution in [3.63, 3.8) is 0 Å². The number of methoxy groups -OCH3 is 2. The topological polar surface area (TPSA) is 106 Å². The van der Waals surface area contributed by atoms with Crippen LogP contribution in [0.3, 0.4) is 0 Å². The third-order valence-corrected chi connectivity index (χ3v) is 3.10. The average Bonchev–Trinajstić information content (AvgIpc) is 2.61. The highest BCUT2D eigenvalue weighted by atomic mass is 16.7. The SMILES string of the molecule is COCOc1ccc(NC(=O)c2ccc(O)c(O)c2)cc1OCOC. The summed E-state index contributed by atoms with van der Waals surface area (Å²) in [6.45, 7) is 0.0500. The number of benzene rings is 2. The molecule has 0 fully saturated rings. The molecule has 25 heavy (non-hydrogen) atoms. The highest BCUT2D eigenvalue weighted by Gasteiger charge is 2.12. The van der Waals surface area contributed by atoms with Crippen LogP contribution >= 0.6 is 0 Å². The van der Waals surface area contributed by atoms with Gasteiger partial charge in [-0.1, -0.05) is 0 Å².